The van der Waals surface area contributed by atoms with E-state index in [1.165, 1.54) is 61.0 Å². The summed E-state index contributed by atoms with van der Waals surface area (Å²) in [4.78, 5) is 2.40. The molecule has 10 rings (SSSR count). The highest BCUT2D eigenvalue weighted by atomic mass is 16.3. The van der Waals surface area contributed by atoms with Gasteiger partial charge in [0.25, 0.3) is 0 Å². The lowest BCUT2D eigenvalue weighted by molar-refractivity contribution is 0.647. The standard InChI is InChI=1S/C51H37NO/c1-51(2)44-30-29-41(32-43(44)49-45(51)33-47-50(42-23-12-13-24-46(42)53-47)48(49)37-19-10-5-11-20-37)52(39-27-25-36(26-28-39)34-15-6-3-7-16-34)40-22-14-21-38(31-40)35-17-8-4-9-18-35/h3-33H,1-2H3. The molecule has 0 saturated carbocycles. The second kappa shape index (κ2) is 12.3. The first-order valence-corrected chi connectivity index (χ1v) is 18.3. The van der Waals surface area contributed by atoms with Crippen molar-refractivity contribution in [3.05, 3.63) is 199 Å². The molecule has 0 atom stereocenters. The molecule has 2 heteroatoms. The lowest BCUT2D eigenvalue weighted by atomic mass is 9.81. The molecule has 0 amide bonds. The molecule has 9 aromatic rings. The Balaban J connectivity index is 1.21. The maximum atomic E-state index is 6.59. The van der Waals surface area contributed by atoms with E-state index < -0.39 is 0 Å². The first kappa shape index (κ1) is 31.1. The van der Waals surface area contributed by atoms with Gasteiger partial charge in [-0.05, 0) is 98.6 Å². The summed E-state index contributed by atoms with van der Waals surface area (Å²) in [7, 11) is 0. The third-order valence-corrected chi connectivity index (χ3v) is 11.1. The normalized spacial score (nSPS) is 12.9. The van der Waals surface area contributed by atoms with E-state index in [9.17, 15) is 0 Å². The molecule has 0 spiro atoms. The summed E-state index contributed by atoms with van der Waals surface area (Å²) in [6, 6.07) is 67.8. The SMILES string of the molecule is CC1(C)c2ccc(N(c3ccc(-c4ccccc4)cc3)c3cccc(-c4ccccc4)c3)cc2-c2c1cc1oc3ccccc3c1c2-c1ccccc1. The Morgan fingerprint density at radius 1 is 0.396 bits per heavy atom. The summed E-state index contributed by atoms with van der Waals surface area (Å²) >= 11 is 0. The van der Waals surface area contributed by atoms with Gasteiger partial charge < -0.3 is 9.32 Å². The van der Waals surface area contributed by atoms with E-state index in [-0.39, 0.29) is 5.41 Å². The maximum absolute atomic E-state index is 6.59. The van der Waals surface area contributed by atoms with Gasteiger partial charge in [0.1, 0.15) is 11.2 Å². The van der Waals surface area contributed by atoms with Crippen molar-refractivity contribution in [1.29, 1.82) is 0 Å². The first-order valence-electron chi connectivity index (χ1n) is 18.3. The van der Waals surface area contributed by atoms with Crippen LogP contribution in [0.4, 0.5) is 17.1 Å². The predicted molar refractivity (Wildman–Crippen MR) is 222 cm³/mol. The fraction of sp³-hybridized carbons (Fsp3) is 0.0588. The van der Waals surface area contributed by atoms with E-state index in [0.29, 0.717) is 0 Å². The van der Waals surface area contributed by atoms with Crippen LogP contribution in [0.2, 0.25) is 0 Å². The quantitative estimate of drug-likeness (QED) is 0.174. The monoisotopic (exact) mass is 679 g/mol. The average molecular weight is 680 g/mol. The lowest BCUT2D eigenvalue weighted by Gasteiger charge is -2.28. The fourth-order valence-electron chi connectivity index (χ4n) is 8.46. The van der Waals surface area contributed by atoms with Gasteiger partial charge in [0, 0.05) is 38.8 Å². The number of hydrogen-bond acceptors (Lipinski definition) is 2. The highest BCUT2D eigenvalue weighted by molar-refractivity contribution is 6.17. The van der Waals surface area contributed by atoms with E-state index >= 15 is 0 Å². The maximum Gasteiger partial charge on any atom is 0.136 e. The van der Waals surface area contributed by atoms with Crippen molar-refractivity contribution in [3.8, 4) is 44.5 Å². The third kappa shape index (κ3) is 5.10. The minimum atomic E-state index is -0.227. The minimum absolute atomic E-state index is 0.227. The average Bonchev–Trinajstić information content (AvgIpc) is 3.70. The molecule has 1 aliphatic rings. The van der Waals surface area contributed by atoms with Gasteiger partial charge in [-0.1, -0.05) is 153 Å². The minimum Gasteiger partial charge on any atom is -0.456 e. The smallest absolute Gasteiger partial charge is 0.136 e. The summed E-state index contributed by atoms with van der Waals surface area (Å²) in [5.74, 6) is 0. The van der Waals surface area contributed by atoms with Crippen molar-refractivity contribution in [2.75, 3.05) is 4.90 Å². The Morgan fingerprint density at radius 3 is 1.68 bits per heavy atom. The summed E-state index contributed by atoms with van der Waals surface area (Å²) in [6.45, 7) is 4.70. The molecule has 0 fully saturated rings. The topological polar surface area (TPSA) is 16.4 Å². The fourth-order valence-corrected chi connectivity index (χ4v) is 8.46. The third-order valence-electron chi connectivity index (χ3n) is 11.1. The molecule has 252 valence electrons. The second-order valence-electron chi connectivity index (χ2n) is 14.5. The van der Waals surface area contributed by atoms with Crippen molar-refractivity contribution in [2.24, 2.45) is 0 Å². The van der Waals surface area contributed by atoms with Gasteiger partial charge in [-0.2, -0.15) is 0 Å². The molecule has 1 heterocycles. The molecule has 1 aliphatic carbocycles. The first-order chi connectivity index (χ1) is 26.0. The zero-order chi connectivity index (χ0) is 35.5. The van der Waals surface area contributed by atoms with E-state index in [2.05, 4.69) is 207 Å². The molecule has 0 aliphatic heterocycles. The summed E-state index contributed by atoms with van der Waals surface area (Å²) in [6.07, 6.45) is 0. The van der Waals surface area contributed by atoms with Gasteiger partial charge in [0.05, 0.1) is 0 Å². The van der Waals surface area contributed by atoms with Crippen LogP contribution in [0, 0.1) is 0 Å². The largest absolute Gasteiger partial charge is 0.456 e. The number of benzene rings is 8. The van der Waals surface area contributed by atoms with Crippen molar-refractivity contribution in [1.82, 2.24) is 0 Å². The number of para-hydroxylation sites is 1. The van der Waals surface area contributed by atoms with Crippen LogP contribution < -0.4 is 4.90 Å². The molecule has 0 unspecified atom stereocenters. The number of anilines is 3. The Hall–Kier alpha value is -6.64. The Morgan fingerprint density at radius 2 is 0.962 bits per heavy atom. The molecule has 0 saturated heterocycles. The van der Waals surface area contributed by atoms with Crippen LogP contribution in [0.3, 0.4) is 0 Å². The lowest BCUT2D eigenvalue weighted by Crippen LogP contribution is -2.15. The Bertz CT molecular complexity index is 2780. The number of furan rings is 1. The Labute approximate surface area is 310 Å². The van der Waals surface area contributed by atoms with Crippen LogP contribution in [0.15, 0.2) is 192 Å². The number of hydrogen-bond donors (Lipinski definition) is 0. The molecular formula is C51H37NO. The summed E-state index contributed by atoms with van der Waals surface area (Å²) < 4.78 is 6.59. The van der Waals surface area contributed by atoms with Crippen LogP contribution in [0.1, 0.15) is 25.0 Å². The van der Waals surface area contributed by atoms with Gasteiger partial charge in [-0.25, -0.2) is 0 Å². The molecule has 0 radical (unpaired) electrons. The highest BCUT2D eigenvalue weighted by Gasteiger charge is 2.39. The van der Waals surface area contributed by atoms with Gasteiger partial charge in [-0.3, -0.25) is 0 Å². The number of fused-ring (bicyclic) bond motifs is 6. The summed E-state index contributed by atoms with van der Waals surface area (Å²) in [5.41, 5.74) is 17.3. The molecule has 0 bridgehead atoms. The van der Waals surface area contributed by atoms with E-state index in [1.54, 1.807) is 0 Å². The van der Waals surface area contributed by atoms with Crippen molar-refractivity contribution in [3.63, 3.8) is 0 Å². The van der Waals surface area contributed by atoms with Gasteiger partial charge >= 0.3 is 0 Å². The molecular weight excluding hydrogens is 643 g/mol. The van der Waals surface area contributed by atoms with Crippen molar-refractivity contribution in [2.45, 2.75) is 19.3 Å². The Kier molecular flexibility index (Phi) is 7.19. The van der Waals surface area contributed by atoms with Crippen LogP contribution in [0.25, 0.3) is 66.4 Å². The zero-order valence-corrected chi connectivity index (χ0v) is 29.8. The van der Waals surface area contributed by atoms with Gasteiger partial charge in [-0.15, -0.1) is 0 Å². The van der Waals surface area contributed by atoms with Crippen LogP contribution in [-0.4, -0.2) is 0 Å². The van der Waals surface area contributed by atoms with Crippen molar-refractivity contribution >= 4 is 39.0 Å². The van der Waals surface area contributed by atoms with Crippen LogP contribution >= 0.6 is 0 Å². The van der Waals surface area contributed by atoms with Gasteiger partial charge in [0.15, 0.2) is 0 Å². The number of rotatable bonds is 6. The molecule has 1 aromatic heterocycles. The van der Waals surface area contributed by atoms with Crippen LogP contribution in [0.5, 0.6) is 0 Å². The molecule has 8 aromatic carbocycles. The molecule has 2 nitrogen and oxygen atoms in total. The number of nitrogens with zero attached hydrogens (tertiary/aromatic N) is 1. The molecule has 0 N–H and O–H groups in total. The highest BCUT2D eigenvalue weighted by Crippen LogP contribution is 2.56. The van der Waals surface area contributed by atoms with Crippen LogP contribution in [-0.2, 0) is 5.41 Å². The van der Waals surface area contributed by atoms with Gasteiger partial charge in [0.2, 0.25) is 0 Å². The second-order valence-corrected chi connectivity index (χ2v) is 14.5. The zero-order valence-electron chi connectivity index (χ0n) is 29.8. The summed E-state index contributed by atoms with van der Waals surface area (Å²) in [5, 5.41) is 2.31. The van der Waals surface area contributed by atoms with E-state index in [4.69, 9.17) is 4.42 Å². The molecule has 53 heavy (non-hydrogen) atoms. The van der Waals surface area contributed by atoms with E-state index in [0.717, 1.165) is 33.6 Å². The van der Waals surface area contributed by atoms with E-state index in [1.807, 2.05) is 0 Å². The predicted octanol–water partition coefficient (Wildman–Crippen LogP) is 14.4. The van der Waals surface area contributed by atoms with Crippen molar-refractivity contribution < 1.29 is 4.42 Å².